The highest BCUT2D eigenvalue weighted by Gasteiger charge is 2.11. The number of benzene rings is 2. The van der Waals surface area contributed by atoms with Crippen molar-refractivity contribution in [2.24, 2.45) is 0 Å². The normalized spacial score (nSPS) is 10.3. The summed E-state index contributed by atoms with van der Waals surface area (Å²) >= 11 is 9.43. The standard InChI is InChI=1S/C15H12BrClO2/c1-9-3-5-13(17)15(7-9)19-14-6-4-11(16)8-12(14)10(2)18/h3-8H,1-2H3. The predicted octanol–water partition coefficient (Wildman–Crippen LogP) is 5.41. The summed E-state index contributed by atoms with van der Waals surface area (Å²) in [6.45, 7) is 3.46. The number of halogens is 2. The van der Waals surface area contributed by atoms with E-state index in [-0.39, 0.29) is 5.78 Å². The number of Topliss-reactive ketones (excluding diaryl/α,β-unsaturated/α-hetero) is 1. The fourth-order valence-corrected chi connectivity index (χ4v) is 2.19. The zero-order valence-electron chi connectivity index (χ0n) is 10.5. The van der Waals surface area contributed by atoms with Gasteiger partial charge >= 0.3 is 0 Å². The number of ether oxygens (including phenoxy) is 1. The summed E-state index contributed by atoms with van der Waals surface area (Å²) in [4.78, 5) is 11.6. The lowest BCUT2D eigenvalue weighted by Gasteiger charge is -2.11. The SMILES string of the molecule is CC(=O)c1cc(Br)ccc1Oc1cc(C)ccc1Cl. The summed E-state index contributed by atoms with van der Waals surface area (Å²) < 4.78 is 6.60. The second kappa shape index (κ2) is 5.76. The molecule has 0 atom stereocenters. The first-order valence-electron chi connectivity index (χ1n) is 5.72. The fourth-order valence-electron chi connectivity index (χ4n) is 1.67. The maximum absolute atomic E-state index is 11.6. The Kier molecular flexibility index (Phi) is 4.27. The van der Waals surface area contributed by atoms with Crippen LogP contribution in [-0.4, -0.2) is 5.78 Å². The molecule has 0 heterocycles. The molecular weight excluding hydrogens is 328 g/mol. The van der Waals surface area contributed by atoms with Gasteiger partial charge in [0.15, 0.2) is 5.78 Å². The Hall–Kier alpha value is -1.32. The first-order chi connectivity index (χ1) is 8.97. The Labute approximate surface area is 125 Å². The molecule has 0 N–H and O–H groups in total. The molecule has 98 valence electrons. The number of hydrogen-bond donors (Lipinski definition) is 0. The van der Waals surface area contributed by atoms with Gasteiger partial charge in [-0.2, -0.15) is 0 Å². The zero-order chi connectivity index (χ0) is 14.0. The van der Waals surface area contributed by atoms with Gasteiger partial charge in [0.05, 0.1) is 10.6 Å². The van der Waals surface area contributed by atoms with Crippen LogP contribution in [0.2, 0.25) is 5.02 Å². The lowest BCUT2D eigenvalue weighted by atomic mass is 10.1. The number of ketones is 1. The van der Waals surface area contributed by atoms with Crippen LogP contribution in [0.25, 0.3) is 0 Å². The zero-order valence-corrected chi connectivity index (χ0v) is 12.9. The smallest absolute Gasteiger partial charge is 0.163 e. The van der Waals surface area contributed by atoms with Gasteiger partial charge < -0.3 is 4.74 Å². The molecule has 4 heteroatoms. The molecule has 2 aromatic carbocycles. The summed E-state index contributed by atoms with van der Waals surface area (Å²) in [5.74, 6) is 0.995. The second-order valence-corrected chi connectivity index (χ2v) is 5.56. The van der Waals surface area contributed by atoms with Gasteiger partial charge in [-0.15, -0.1) is 0 Å². The third kappa shape index (κ3) is 3.37. The van der Waals surface area contributed by atoms with E-state index in [0.29, 0.717) is 22.1 Å². The summed E-state index contributed by atoms with van der Waals surface area (Å²) in [5, 5.41) is 0.517. The average molecular weight is 340 g/mol. The van der Waals surface area contributed by atoms with E-state index in [9.17, 15) is 4.79 Å². The summed E-state index contributed by atoms with van der Waals surface area (Å²) in [5.41, 5.74) is 1.56. The third-order valence-electron chi connectivity index (χ3n) is 2.63. The number of carbonyl (C=O) groups is 1. The maximum atomic E-state index is 11.6. The first-order valence-corrected chi connectivity index (χ1v) is 6.89. The monoisotopic (exact) mass is 338 g/mol. The van der Waals surface area contributed by atoms with E-state index in [2.05, 4.69) is 15.9 Å². The van der Waals surface area contributed by atoms with Gasteiger partial charge in [0, 0.05) is 4.47 Å². The second-order valence-electron chi connectivity index (χ2n) is 4.23. The molecule has 2 nitrogen and oxygen atoms in total. The topological polar surface area (TPSA) is 26.3 Å². The van der Waals surface area contributed by atoms with E-state index in [1.54, 1.807) is 18.2 Å². The molecule has 0 aliphatic heterocycles. The van der Waals surface area contributed by atoms with Gasteiger partial charge in [-0.25, -0.2) is 0 Å². The van der Waals surface area contributed by atoms with Gasteiger partial charge in [0.1, 0.15) is 11.5 Å². The number of rotatable bonds is 3. The average Bonchev–Trinajstić information content (AvgIpc) is 2.35. The van der Waals surface area contributed by atoms with Gasteiger partial charge in [0.25, 0.3) is 0 Å². The molecule has 0 saturated heterocycles. The van der Waals surface area contributed by atoms with Crippen LogP contribution in [0.3, 0.4) is 0 Å². The number of carbonyl (C=O) groups excluding carboxylic acids is 1. The Balaban J connectivity index is 2.43. The van der Waals surface area contributed by atoms with Crippen molar-refractivity contribution in [3.63, 3.8) is 0 Å². The largest absolute Gasteiger partial charge is 0.455 e. The highest BCUT2D eigenvalue weighted by molar-refractivity contribution is 9.10. The lowest BCUT2D eigenvalue weighted by molar-refractivity contribution is 0.101. The van der Waals surface area contributed by atoms with Gasteiger partial charge in [0.2, 0.25) is 0 Å². The van der Waals surface area contributed by atoms with E-state index in [1.165, 1.54) is 6.92 Å². The Morgan fingerprint density at radius 1 is 1.16 bits per heavy atom. The molecule has 19 heavy (non-hydrogen) atoms. The predicted molar refractivity (Wildman–Crippen MR) is 80.4 cm³/mol. The van der Waals surface area contributed by atoms with E-state index >= 15 is 0 Å². The molecule has 0 spiro atoms. The molecule has 0 saturated carbocycles. The molecule has 0 radical (unpaired) electrons. The molecule has 0 fully saturated rings. The Bertz CT molecular complexity index is 638. The lowest BCUT2D eigenvalue weighted by Crippen LogP contribution is -1.97. The molecule has 2 rings (SSSR count). The summed E-state index contributed by atoms with van der Waals surface area (Å²) in [7, 11) is 0. The van der Waals surface area contributed by atoms with Crippen LogP contribution in [0, 0.1) is 6.92 Å². The first kappa shape index (κ1) is 14.1. The van der Waals surface area contributed by atoms with Crippen molar-refractivity contribution in [2.45, 2.75) is 13.8 Å². The Morgan fingerprint density at radius 3 is 2.58 bits per heavy atom. The van der Waals surface area contributed by atoms with Crippen LogP contribution in [0.5, 0.6) is 11.5 Å². The van der Waals surface area contributed by atoms with Gasteiger partial charge in [-0.1, -0.05) is 33.6 Å². The van der Waals surface area contributed by atoms with Gasteiger partial charge in [-0.05, 0) is 49.7 Å². The van der Waals surface area contributed by atoms with Crippen LogP contribution in [0.15, 0.2) is 40.9 Å². The fraction of sp³-hybridized carbons (Fsp3) is 0.133. The highest BCUT2D eigenvalue weighted by Crippen LogP contribution is 2.33. The van der Waals surface area contributed by atoms with Crippen LogP contribution < -0.4 is 4.74 Å². The van der Waals surface area contributed by atoms with Crippen LogP contribution in [0.1, 0.15) is 22.8 Å². The van der Waals surface area contributed by atoms with E-state index in [1.807, 2.05) is 25.1 Å². The number of aryl methyl sites for hydroxylation is 1. The molecule has 0 aliphatic carbocycles. The molecule has 0 bridgehead atoms. The molecule has 0 aliphatic rings. The van der Waals surface area contributed by atoms with Crippen LogP contribution in [0.4, 0.5) is 0 Å². The Morgan fingerprint density at radius 2 is 1.89 bits per heavy atom. The van der Waals surface area contributed by atoms with E-state index in [4.69, 9.17) is 16.3 Å². The van der Waals surface area contributed by atoms with Crippen LogP contribution in [-0.2, 0) is 0 Å². The minimum absolute atomic E-state index is 0.0555. The van der Waals surface area contributed by atoms with Crippen molar-refractivity contribution in [2.75, 3.05) is 0 Å². The molecule has 0 aromatic heterocycles. The van der Waals surface area contributed by atoms with Crippen molar-refractivity contribution < 1.29 is 9.53 Å². The van der Waals surface area contributed by atoms with Crippen molar-refractivity contribution in [1.82, 2.24) is 0 Å². The third-order valence-corrected chi connectivity index (χ3v) is 3.43. The molecular formula is C15H12BrClO2. The van der Waals surface area contributed by atoms with Crippen molar-refractivity contribution in [3.8, 4) is 11.5 Å². The van der Waals surface area contributed by atoms with Crippen LogP contribution >= 0.6 is 27.5 Å². The minimum Gasteiger partial charge on any atom is -0.455 e. The molecule has 0 unspecified atom stereocenters. The quantitative estimate of drug-likeness (QED) is 0.699. The van der Waals surface area contributed by atoms with Gasteiger partial charge in [-0.3, -0.25) is 4.79 Å². The van der Waals surface area contributed by atoms with Crippen molar-refractivity contribution >= 4 is 33.3 Å². The molecule has 0 amide bonds. The summed E-state index contributed by atoms with van der Waals surface area (Å²) in [6, 6.07) is 10.8. The highest BCUT2D eigenvalue weighted by atomic mass is 79.9. The van der Waals surface area contributed by atoms with Crippen molar-refractivity contribution in [1.29, 1.82) is 0 Å². The summed E-state index contributed by atoms with van der Waals surface area (Å²) in [6.07, 6.45) is 0. The van der Waals surface area contributed by atoms with Crippen molar-refractivity contribution in [3.05, 3.63) is 57.0 Å². The number of hydrogen-bond acceptors (Lipinski definition) is 2. The minimum atomic E-state index is -0.0555. The van der Waals surface area contributed by atoms with E-state index < -0.39 is 0 Å². The van der Waals surface area contributed by atoms with E-state index in [0.717, 1.165) is 10.0 Å². The molecule has 2 aromatic rings. The maximum Gasteiger partial charge on any atom is 0.163 e.